The summed E-state index contributed by atoms with van der Waals surface area (Å²) in [6, 6.07) is 7.42. The second kappa shape index (κ2) is 7.29. The Morgan fingerprint density at radius 2 is 2.15 bits per heavy atom. The summed E-state index contributed by atoms with van der Waals surface area (Å²) in [6.45, 7) is 1.61. The lowest BCUT2D eigenvalue weighted by Crippen LogP contribution is -2.54. The first-order valence-corrected chi connectivity index (χ1v) is 9.31. The maximum absolute atomic E-state index is 13.8. The molecule has 2 N–H and O–H groups in total. The van der Waals surface area contributed by atoms with E-state index in [0.717, 1.165) is 35.9 Å². The van der Waals surface area contributed by atoms with Gasteiger partial charge in [0.2, 0.25) is 0 Å². The van der Waals surface area contributed by atoms with Gasteiger partial charge in [0.15, 0.2) is 0 Å². The number of hydrogen-bond acceptors (Lipinski definition) is 4. The summed E-state index contributed by atoms with van der Waals surface area (Å²) in [5.74, 6) is -0.309. The van der Waals surface area contributed by atoms with E-state index in [-0.39, 0.29) is 12.4 Å². The molecule has 0 atom stereocenters. The van der Waals surface area contributed by atoms with Gasteiger partial charge >= 0.3 is 5.97 Å². The predicted octanol–water partition coefficient (Wildman–Crippen LogP) is 2.79. The zero-order chi connectivity index (χ0) is 18.1. The number of carbonyl (C=O) groups is 1. The molecule has 2 fully saturated rings. The second-order valence-electron chi connectivity index (χ2n) is 7.61. The molecule has 2 saturated carbocycles. The molecule has 0 unspecified atom stereocenters. The first-order chi connectivity index (χ1) is 12.6. The van der Waals surface area contributed by atoms with Crippen LogP contribution in [0.25, 0.3) is 10.9 Å². The lowest BCUT2D eigenvalue weighted by Gasteiger charge is -2.43. The molecule has 2 aliphatic rings. The van der Waals surface area contributed by atoms with Gasteiger partial charge in [-0.1, -0.05) is 6.07 Å². The van der Waals surface area contributed by atoms with E-state index in [1.165, 1.54) is 18.9 Å². The van der Waals surface area contributed by atoms with Crippen molar-refractivity contribution < 1.29 is 14.3 Å². The highest BCUT2D eigenvalue weighted by molar-refractivity contribution is 5.81. The smallest absolute Gasteiger partial charge is 0.317 e. The molecule has 0 amide bonds. The quantitative estimate of drug-likeness (QED) is 0.761. The standard InChI is InChI=1S/C20H24FN3O2/c21-16-6-14-2-1-5-22-20(14)15(7-16)10-23-17-8-18(9-17)24(12-19(25)26)11-13-3-4-13/h1-2,5-7,13,17-18,23H,3-4,8-12H2,(H,25,26). The molecular weight excluding hydrogens is 333 g/mol. The third-order valence-corrected chi connectivity index (χ3v) is 5.49. The Balaban J connectivity index is 1.33. The van der Waals surface area contributed by atoms with Crippen LogP contribution < -0.4 is 5.32 Å². The van der Waals surface area contributed by atoms with Gasteiger partial charge in [-0.05, 0) is 55.4 Å². The first-order valence-electron chi connectivity index (χ1n) is 9.31. The minimum Gasteiger partial charge on any atom is -0.480 e. The van der Waals surface area contributed by atoms with Gasteiger partial charge in [0.25, 0.3) is 0 Å². The topological polar surface area (TPSA) is 65.5 Å². The molecule has 0 spiro atoms. The molecule has 5 nitrogen and oxygen atoms in total. The number of rotatable bonds is 8. The van der Waals surface area contributed by atoms with Gasteiger partial charge in [-0.3, -0.25) is 14.7 Å². The lowest BCUT2D eigenvalue weighted by molar-refractivity contribution is -0.139. The van der Waals surface area contributed by atoms with Gasteiger partial charge in [0.1, 0.15) is 5.82 Å². The summed E-state index contributed by atoms with van der Waals surface area (Å²) < 4.78 is 13.8. The van der Waals surface area contributed by atoms with E-state index in [1.54, 1.807) is 12.3 Å². The number of carboxylic acid groups (broad SMARTS) is 1. The number of nitrogens with one attached hydrogen (secondary N) is 1. The zero-order valence-electron chi connectivity index (χ0n) is 14.7. The number of pyridine rings is 1. The van der Waals surface area contributed by atoms with Crippen molar-refractivity contribution in [1.82, 2.24) is 15.2 Å². The Morgan fingerprint density at radius 3 is 2.88 bits per heavy atom. The maximum Gasteiger partial charge on any atom is 0.317 e. The van der Waals surface area contributed by atoms with Gasteiger partial charge in [-0.15, -0.1) is 0 Å². The van der Waals surface area contributed by atoms with Crippen LogP contribution in [0.4, 0.5) is 4.39 Å². The van der Waals surface area contributed by atoms with Crippen molar-refractivity contribution in [2.24, 2.45) is 5.92 Å². The highest BCUT2D eigenvalue weighted by Gasteiger charge is 2.36. The van der Waals surface area contributed by atoms with Crippen molar-refractivity contribution in [3.8, 4) is 0 Å². The lowest BCUT2D eigenvalue weighted by atomic mass is 9.85. The van der Waals surface area contributed by atoms with Crippen molar-refractivity contribution >= 4 is 16.9 Å². The van der Waals surface area contributed by atoms with Crippen molar-refractivity contribution in [2.75, 3.05) is 13.1 Å². The number of fused-ring (bicyclic) bond motifs is 1. The molecule has 0 aliphatic heterocycles. The highest BCUT2D eigenvalue weighted by Crippen LogP contribution is 2.34. The molecule has 1 aromatic heterocycles. The average molecular weight is 357 g/mol. The summed E-state index contributed by atoms with van der Waals surface area (Å²) in [7, 11) is 0. The molecule has 4 rings (SSSR count). The van der Waals surface area contributed by atoms with Crippen LogP contribution in [0.1, 0.15) is 31.2 Å². The molecular formula is C20H24FN3O2. The monoisotopic (exact) mass is 357 g/mol. The fourth-order valence-electron chi connectivity index (χ4n) is 3.82. The number of aliphatic carboxylic acids is 1. The summed E-state index contributed by atoms with van der Waals surface area (Å²) in [6.07, 6.45) is 6.07. The molecule has 2 aliphatic carbocycles. The van der Waals surface area contributed by atoms with E-state index in [9.17, 15) is 9.18 Å². The van der Waals surface area contributed by atoms with Crippen LogP contribution in [0.5, 0.6) is 0 Å². The molecule has 0 radical (unpaired) electrons. The fraction of sp³-hybridized carbons (Fsp3) is 0.500. The van der Waals surface area contributed by atoms with Gasteiger partial charge in [-0.25, -0.2) is 4.39 Å². The first kappa shape index (κ1) is 17.4. The minimum absolute atomic E-state index is 0.131. The molecule has 138 valence electrons. The Hall–Kier alpha value is -2.05. The normalized spacial score (nSPS) is 22.5. The van der Waals surface area contributed by atoms with Crippen molar-refractivity contribution in [3.63, 3.8) is 0 Å². The van der Waals surface area contributed by atoms with Crippen molar-refractivity contribution in [3.05, 3.63) is 41.8 Å². The SMILES string of the molecule is O=C(O)CN(CC1CC1)C1CC(NCc2cc(F)cc3cccnc23)C1. The number of nitrogens with zero attached hydrogens (tertiary/aromatic N) is 2. The maximum atomic E-state index is 13.8. The number of aromatic nitrogens is 1. The van der Waals surface area contributed by atoms with Crippen LogP contribution in [0, 0.1) is 11.7 Å². The average Bonchev–Trinajstić information content (AvgIpc) is 3.36. The van der Waals surface area contributed by atoms with E-state index in [4.69, 9.17) is 5.11 Å². The Kier molecular flexibility index (Phi) is 4.87. The molecule has 1 heterocycles. The third-order valence-electron chi connectivity index (χ3n) is 5.49. The Labute approximate surface area is 152 Å². The largest absolute Gasteiger partial charge is 0.480 e. The Morgan fingerprint density at radius 1 is 1.35 bits per heavy atom. The number of carboxylic acids is 1. The predicted molar refractivity (Wildman–Crippen MR) is 97.3 cm³/mol. The minimum atomic E-state index is -0.751. The molecule has 26 heavy (non-hydrogen) atoms. The van der Waals surface area contributed by atoms with E-state index in [0.29, 0.717) is 24.5 Å². The molecule has 6 heteroatoms. The van der Waals surface area contributed by atoms with E-state index < -0.39 is 5.97 Å². The number of hydrogen-bond donors (Lipinski definition) is 2. The summed E-state index contributed by atoms with van der Waals surface area (Å²) >= 11 is 0. The van der Waals surface area contributed by atoms with Crippen LogP contribution in [0.3, 0.4) is 0 Å². The van der Waals surface area contributed by atoms with Crippen LogP contribution in [0.15, 0.2) is 30.5 Å². The van der Waals surface area contributed by atoms with Crippen LogP contribution >= 0.6 is 0 Å². The van der Waals surface area contributed by atoms with E-state index in [1.807, 2.05) is 12.1 Å². The van der Waals surface area contributed by atoms with Crippen LogP contribution in [-0.4, -0.2) is 46.1 Å². The van der Waals surface area contributed by atoms with Gasteiger partial charge < -0.3 is 10.4 Å². The van der Waals surface area contributed by atoms with Crippen LogP contribution in [0.2, 0.25) is 0 Å². The number of halogens is 1. The Bertz CT molecular complexity index is 803. The highest BCUT2D eigenvalue weighted by atomic mass is 19.1. The van der Waals surface area contributed by atoms with Crippen molar-refractivity contribution in [1.29, 1.82) is 0 Å². The van der Waals surface area contributed by atoms with Gasteiger partial charge in [-0.2, -0.15) is 0 Å². The fourth-order valence-corrected chi connectivity index (χ4v) is 3.82. The summed E-state index contributed by atoms with van der Waals surface area (Å²) in [5.41, 5.74) is 1.70. The summed E-state index contributed by atoms with van der Waals surface area (Å²) in [5, 5.41) is 13.4. The molecule has 2 aromatic rings. The third kappa shape index (κ3) is 4.02. The molecule has 0 saturated heterocycles. The van der Waals surface area contributed by atoms with Crippen LogP contribution in [-0.2, 0) is 11.3 Å². The van der Waals surface area contributed by atoms with Gasteiger partial charge in [0, 0.05) is 36.8 Å². The molecule has 1 aromatic carbocycles. The van der Waals surface area contributed by atoms with Crippen molar-refractivity contribution in [2.45, 2.75) is 44.3 Å². The summed E-state index contributed by atoms with van der Waals surface area (Å²) in [4.78, 5) is 17.6. The molecule has 0 bridgehead atoms. The van der Waals surface area contributed by atoms with Gasteiger partial charge in [0.05, 0.1) is 12.1 Å². The van der Waals surface area contributed by atoms with E-state index >= 15 is 0 Å². The second-order valence-corrected chi connectivity index (χ2v) is 7.61. The number of benzene rings is 1. The zero-order valence-corrected chi connectivity index (χ0v) is 14.7. The van der Waals surface area contributed by atoms with E-state index in [2.05, 4.69) is 15.2 Å².